The van der Waals surface area contributed by atoms with E-state index in [9.17, 15) is 9.90 Å². The summed E-state index contributed by atoms with van der Waals surface area (Å²) in [7, 11) is 2.95. The minimum Gasteiger partial charge on any atom is -0.507 e. The van der Waals surface area contributed by atoms with E-state index in [0.717, 1.165) is 5.56 Å². The van der Waals surface area contributed by atoms with Crippen molar-refractivity contribution >= 4 is 5.97 Å². The molecule has 0 aliphatic rings. The summed E-state index contributed by atoms with van der Waals surface area (Å²) >= 11 is 0. The molecule has 0 aliphatic carbocycles. The maximum atomic E-state index is 12.5. The molecule has 0 spiro atoms. The Bertz CT molecular complexity index is 956. The lowest BCUT2D eigenvalue weighted by atomic mass is 10.1. The van der Waals surface area contributed by atoms with Crippen molar-refractivity contribution in [2.45, 2.75) is 13.2 Å². The van der Waals surface area contributed by atoms with Crippen molar-refractivity contribution in [3.63, 3.8) is 0 Å². The third-order valence-electron chi connectivity index (χ3n) is 3.92. The predicted octanol–water partition coefficient (Wildman–Crippen LogP) is 3.14. The number of aromatic hydroxyl groups is 1. The lowest BCUT2D eigenvalue weighted by Gasteiger charge is -2.13. The molecule has 8 nitrogen and oxygen atoms in total. The van der Waals surface area contributed by atoms with Crippen molar-refractivity contribution in [3.8, 4) is 23.3 Å². The van der Waals surface area contributed by atoms with Crippen LogP contribution in [0.5, 0.6) is 23.3 Å². The highest BCUT2D eigenvalue weighted by Crippen LogP contribution is 2.29. The zero-order chi connectivity index (χ0) is 20.6. The summed E-state index contributed by atoms with van der Waals surface area (Å²) in [6.45, 7) is -0.000377. The molecule has 0 radical (unpaired) electrons. The number of phenols is 1. The highest BCUT2D eigenvalue weighted by molar-refractivity contribution is 5.95. The molecule has 0 unspecified atom stereocenters. The summed E-state index contributed by atoms with van der Waals surface area (Å²) in [6.07, 6.45) is 0. The maximum absolute atomic E-state index is 12.5. The van der Waals surface area contributed by atoms with Gasteiger partial charge < -0.3 is 24.1 Å². The molecular formula is C21H20N2O6. The Morgan fingerprint density at radius 1 is 0.931 bits per heavy atom. The molecule has 3 rings (SSSR count). The van der Waals surface area contributed by atoms with Gasteiger partial charge in [-0.2, -0.15) is 9.97 Å². The van der Waals surface area contributed by atoms with Crippen LogP contribution in [-0.4, -0.2) is 35.3 Å². The van der Waals surface area contributed by atoms with E-state index in [1.54, 1.807) is 12.1 Å². The van der Waals surface area contributed by atoms with Crippen LogP contribution in [0, 0.1) is 0 Å². The van der Waals surface area contributed by atoms with Crippen LogP contribution in [0.15, 0.2) is 54.6 Å². The number of hydrogen-bond acceptors (Lipinski definition) is 8. The molecule has 1 heterocycles. The number of methoxy groups -OCH3 is 2. The Kier molecular flexibility index (Phi) is 6.47. The van der Waals surface area contributed by atoms with Crippen LogP contribution >= 0.6 is 0 Å². The predicted molar refractivity (Wildman–Crippen MR) is 103 cm³/mol. The highest BCUT2D eigenvalue weighted by Gasteiger charge is 2.20. The largest absolute Gasteiger partial charge is 0.507 e. The molecule has 2 aromatic carbocycles. The third-order valence-corrected chi connectivity index (χ3v) is 3.92. The fourth-order valence-electron chi connectivity index (χ4n) is 2.51. The number of carbonyl (C=O) groups excluding carboxylic acids is 1. The van der Waals surface area contributed by atoms with Crippen molar-refractivity contribution in [3.05, 3.63) is 71.5 Å². The minimum atomic E-state index is -0.703. The Labute approximate surface area is 167 Å². The molecule has 3 aromatic rings. The lowest BCUT2D eigenvalue weighted by Crippen LogP contribution is -2.10. The summed E-state index contributed by atoms with van der Waals surface area (Å²) in [5.41, 5.74) is 0.758. The summed E-state index contributed by atoms with van der Waals surface area (Å²) in [4.78, 5) is 20.9. The first kappa shape index (κ1) is 19.9. The Hall–Kier alpha value is -3.81. The standard InChI is InChI=1S/C21H20N2O6/c1-26-18-11-19(27-2)23-17(22-18)13-28-16-10-6-9-15(24)20(16)21(25)29-12-14-7-4-3-5-8-14/h3-11,24H,12-13H2,1-2H3. The van der Waals surface area contributed by atoms with E-state index in [-0.39, 0.29) is 36.1 Å². The first-order valence-electron chi connectivity index (χ1n) is 8.72. The Morgan fingerprint density at radius 2 is 1.62 bits per heavy atom. The lowest BCUT2D eigenvalue weighted by molar-refractivity contribution is 0.0464. The molecule has 0 atom stereocenters. The van der Waals surface area contributed by atoms with Gasteiger partial charge in [-0.3, -0.25) is 0 Å². The van der Waals surface area contributed by atoms with Crippen LogP contribution in [0.2, 0.25) is 0 Å². The molecule has 1 N–H and O–H groups in total. The topological polar surface area (TPSA) is 100 Å². The summed E-state index contributed by atoms with van der Waals surface area (Å²) in [5.74, 6) is 0.111. The molecule has 0 saturated carbocycles. The van der Waals surface area contributed by atoms with E-state index >= 15 is 0 Å². The number of hydrogen-bond donors (Lipinski definition) is 1. The average molecular weight is 396 g/mol. The molecule has 150 valence electrons. The SMILES string of the molecule is COc1cc(OC)nc(COc2cccc(O)c2C(=O)OCc2ccccc2)n1. The molecule has 0 aliphatic heterocycles. The smallest absolute Gasteiger partial charge is 0.346 e. The number of carbonyl (C=O) groups is 1. The van der Waals surface area contributed by atoms with Crippen molar-refractivity contribution in [2.24, 2.45) is 0 Å². The van der Waals surface area contributed by atoms with E-state index in [2.05, 4.69) is 9.97 Å². The number of phenolic OH excluding ortho intramolecular Hbond substituents is 1. The fourth-order valence-corrected chi connectivity index (χ4v) is 2.51. The molecule has 8 heteroatoms. The van der Waals surface area contributed by atoms with Gasteiger partial charge in [-0.05, 0) is 17.7 Å². The third kappa shape index (κ3) is 5.13. The van der Waals surface area contributed by atoms with Crippen LogP contribution in [-0.2, 0) is 18.0 Å². The second-order valence-electron chi connectivity index (χ2n) is 5.87. The van der Waals surface area contributed by atoms with E-state index in [0.29, 0.717) is 11.8 Å². The van der Waals surface area contributed by atoms with Gasteiger partial charge in [0.25, 0.3) is 0 Å². The number of aromatic nitrogens is 2. The van der Waals surface area contributed by atoms with Gasteiger partial charge in [0.05, 0.1) is 20.3 Å². The molecular weight excluding hydrogens is 376 g/mol. The number of esters is 1. The van der Waals surface area contributed by atoms with Gasteiger partial charge in [-0.1, -0.05) is 36.4 Å². The molecule has 0 amide bonds. The van der Waals surface area contributed by atoms with Crippen LogP contribution in [0.25, 0.3) is 0 Å². The van der Waals surface area contributed by atoms with Gasteiger partial charge in [0, 0.05) is 0 Å². The van der Waals surface area contributed by atoms with Crippen molar-refractivity contribution in [1.82, 2.24) is 9.97 Å². The summed E-state index contributed by atoms with van der Waals surface area (Å²) < 4.78 is 21.2. The molecule has 0 bridgehead atoms. The van der Waals surface area contributed by atoms with E-state index in [4.69, 9.17) is 18.9 Å². The molecule has 29 heavy (non-hydrogen) atoms. The normalized spacial score (nSPS) is 10.3. The second-order valence-corrected chi connectivity index (χ2v) is 5.87. The molecule has 0 fully saturated rings. The number of ether oxygens (including phenoxy) is 4. The summed E-state index contributed by atoms with van der Waals surface area (Å²) in [5, 5.41) is 10.2. The van der Waals surface area contributed by atoms with Crippen molar-refractivity contribution in [1.29, 1.82) is 0 Å². The van der Waals surface area contributed by atoms with Crippen LogP contribution in [0.1, 0.15) is 21.7 Å². The average Bonchev–Trinajstić information content (AvgIpc) is 2.76. The van der Waals surface area contributed by atoms with Gasteiger partial charge in [0.15, 0.2) is 5.82 Å². The van der Waals surface area contributed by atoms with Gasteiger partial charge >= 0.3 is 5.97 Å². The quantitative estimate of drug-likeness (QED) is 0.580. The number of rotatable bonds is 8. The first-order valence-corrected chi connectivity index (χ1v) is 8.72. The van der Waals surface area contributed by atoms with E-state index in [1.807, 2.05) is 30.3 Å². The Balaban J connectivity index is 1.75. The van der Waals surface area contributed by atoms with Gasteiger partial charge in [-0.25, -0.2) is 4.79 Å². The fraction of sp³-hybridized carbons (Fsp3) is 0.190. The van der Waals surface area contributed by atoms with Crippen LogP contribution in [0.3, 0.4) is 0 Å². The zero-order valence-electron chi connectivity index (χ0n) is 16.0. The van der Waals surface area contributed by atoms with Crippen LogP contribution in [0.4, 0.5) is 0 Å². The molecule has 0 saturated heterocycles. The monoisotopic (exact) mass is 396 g/mol. The summed E-state index contributed by atoms with van der Waals surface area (Å²) in [6, 6.07) is 15.3. The zero-order valence-corrected chi connectivity index (χ0v) is 16.0. The second kappa shape index (κ2) is 9.41. The Morgan fingerprint density at radius 3 is 2.28 bits per heavy atom. The van der Waals surface area contributed by atoms with Gasteiger partial charge in [0.2, 0.25) is 11.8 Å². The van der Waals surface area contributed by atoms with Gasteiger partial charge in [-0.15, -0.1) is 0 Å². The van der Waals surface area contributed by atoms with E-state index < -0.39 is 5.97 Å². The van der Waals surface area contributed by atoms with Crippen LogP contribution < -0.4 is 14.2 Å². The van der Waals surface area contributed by atoms with Crippen molar-refractivity contribution in [2.75, 3.05) is 14.2 Å². The highest BCUT2D eigenvalue weighted by atomic mass is 16.5. The van der Waals surface area contributed by atoms with E-state index in [1.165, 1.54) is 26.4 Å². The number of benzene rings is 2. The minimum absolute atomic E-state index is 0.0710. The van der Waals surface area contributed by atoms with Crippen molar-refractivity contribution < 1.29 is 28.8 Å². The maximum Gasteiger partial charge on any atom is 0.346 e. The first-order chi connectivity index (χ1) is 14.1. The molecule has 1 aromatic heterocycles. The van der Waals surface area contributed by atoms with Gasteiger partial charge in [0.1, 0.15) is 30.3 Å². The number of nitrogens with zero attached hydrogens (tertiary/aromatic N) is 2.